The molecule has 0 atom stereocenters. The standard InChI is InChI=1S/C41H31N5O/c1-42-37-27-35(25-26-38(37)46(28-47)36-15-9-4-10-16-36)31-19-17-29(18-20-31)30-21-23-34(24-22-30)41-44-39(32-11-5-2-6-12-32)43-40(45-41)33-13-7-3-8-14-33/h2-28,42H,1H3/i2D,3D,5D,6D,7D,8D,11D,12D,13D,14D. The molecule has 0 saturated heterocycles. The van der Waals surface area contributed by atoms with Crippen LogP contribution in [0.15, 0.2) is 157 Å². The SMILES string of the molecule is [2H]c1c([2H])c([2H])c(-c2nc(-c3ccc(-c4ccc(-c5ccc(N(C=O)c6ccccc6)c(NC)c5)cc4)cc3)nc(-c3c([2H])c([2H])c([2H])c([2H])c3[2H])n2)c([2H])c1[2H]. The average Bonchev–Trinajstić information content (AvgIpc) is 3.24. The van der Waals surface area contributed by atoms with Gasteiger partial charge in [0.2, 0.25) is 6.41 Å². The molecule has 7 rings (SSSR count). The molecular weight excluding hydrogens is 578 g/mol. The first-order valence-corrected chi connectivity index (χ1v) is 14.6. The Bertz CT molecular complexity index is 2550. The number of rotatable bonds is 9. The molecule has 1 heterocycles. The lowest BCUT2D eigenvalue weighted by molar-refractivity contribution is -0.106. The minimum atomic E-state index is -0.611. The van der Waals surface area contributed by atoms with E-state index in [1.165, 1.54) is 0 Å². The Kier molecular flexibility index (Phi) is 5.62. The van der Waals surface area contributed by atoms with Crippen molar-refractivity contribution in [3.63, 3.8) is 0 Å². The minimum absolute atomic E-state index is 0.0142. The first-order valence-electron chi connectivity index (χ1n) is 19.6. The minimum Gasteiger partial charge on any atom is -0.386 e. The molecule has 0 aliphatic rings. The molecule has 0 fully saturated rings. The molecule has 0 bridgehead atoms. The summed E-state index contributed by atoms with van der Waals surface area (Å²) in [5.41, 5.74) is 5.60. The molecule has 0 unspecified atom stereocenters. The van der Waals surface area contributed by atoms with E-state index in [0.717, 1.165) is 40.0 Å². The third-order valence-electron chi connectivity index (χ3n) is 7.44. The van der Waals surface area contributed by atoms with Gasteiger partial charge in [0, 0.05) is 29.4 Å². The summed E-state index contributed by atoms with van der Waals surface area (Å²) in [6.07, 6.45) is 0.783. The Hall–Kier alpha value is -6.40. The number of benzene rings is 6. The van der Waals surface area contributed by atoms with Gasteiger partial charge in [-0.15, -0.1) is 0 Å². The highest BCUT2D eigenvalue weighted by Gasteiger charge is 2.15. The van der Waals surface area contributed by atoms with Gasteiger partial charge in [0.05, 0.1) is 25.1 Å². The second-order valence-corrected chi connectivity index (χ2v) is 10.3. The lowest BCUT2D eigenvalue weighted by Gasteiger charge is -2.21. The van der Waals surface area contributed by atoms with Crippen LogP contribution < -0.4 is 10.2 Å². The number of amides is 1. The number of hydrogen-bond acceptors (Lipinski definition) is 5. The topological polar surface area (TPSA) is 71.0 Å². The van der Waals surface area contributed by atoms with E-state index >= 15 is 0 Å². The molecule has 6 nitrogen and oxygen atoms in total. The van der Waals surface area contributed by atoms with Crippen LogP contribution in [0, 0.1) is 0 Å². The second-order valence-electron chi connectivity index (χ2n) is 10.3. The van der Waals surface area contributed by atoms with Crippen LogP contribution in [-0.2, 0) is 4.79 Å². The van der Waals surface area contributed by atoms with Gasteiger partial charge in [-0.2, -0.15) is 0 Å². The number of nitrogens with zero attached hydrogens (tertiary/aromatic N) is 4. The Labute approximate surface area is 288 Å². The lowest BCUT2D eigenvalue weighted by Crippen LogP contribution is -2.15. The van der Waals surface area contributed by atoms with Crippen molar-refractivity contribution in [2.75, 3.05) is 17.3 Å². The van der Waals surface area contributed by atoms with Gasteiger partial charge in [-0.25, -0.2) is 15.0 Å². The van der Waals surface area contributed by atoms with Crippen molar-refractivity contribution in [3.05, 3.63) is 157 Å². The largest absolute Gasteiger partial charge is 0.386 e. The van der Waals surface area contributed by atoms with Gasteiger partial charge in [-0.05, 0) is 46.5 Å². The summed E-state index contributed by atoms with van der Waals surface area (Å²) >= 11 is 0. The van der Waals surface area contributed by atoms with Crippen LogP contribution in [0.1, 0.15) is 13.7 Å². The van der Waals surface area contributed by atoms with Crippen LogP contribution in [-0.4, -0.2) is 28.4 Å². The molecule has 7 aromatic rings. The molecule has 47 heavy (non-hydrogen) atoms. The van der Waals surface area contributed by atoms with E-state index in [4.69, 9.17) is 13.7 Å². The molecule has 1 aromatic heterocycles. The number of carbonyl (C=O) groups is 1. The van der Waals surface area contributed by atoms with Crippen molar-refractivity contribution in [2.45, 2.75) is 0 Å². The maximum atomic E-state index is 12.1. The van der Waals surface area contributed by atoms with Gasteiger partial charge in [-0.1, -0.05) is 133 Å². The Morgan fingerprint density at radius 3 is 1.49 bits per heavy atom. The molecule has 0 saturated carbocycles. The summed E-state index contributed by atoms with van der Waals surface area (Å²) in [5, 5.41) is 3.20. The molecule has 0 aliphatic heterocycles. The molecule has 0 spiro atoms. The normalized spacial score (nSPS) is 13.7. The highest BCUT2D eigenvalue weighted by Crippen LogP contribution is 2.35. The van der Waals surface area contributed by atoms with Crippen molar-refractivity contribution < 1.29 is 18.5 Å². The van der Waals surface area contributed by atoms with Crippen LogP contribution in [0.5, 0.6) is 0 Å². The molecule has 0 aliphatic carbocycles. The van der Waals surface area contributed by atoms with E-state index in [9.17, 15) is 4.79 Å². The molecule has 6 heteroatoms. The van der Waals surface area contributed by atoms with Gasteiger partial charge in [-0.3, -0.25) is 9.69 Å². The van der Waals surface area contributed by atoms with E-state index in [-0.39, 0.29) is 28.6 Å². The summed E-state index contributed by atoms with van der Waals surface area (Å²) in [4.78, 5) is 27.0. The fraction of sp³-hybridized carbons (Fsp3) is 0.0244. The zero-order valence-corrected chi connectivity index (χ0v) is 25.0. The second kappa shape index (κ2) is 13.3. The molecule has 226 valence electrons. The van der Waals surface area contributed by atoms with E-state index in [0.29, 0.717) is 11.3 Å². The molecule has 6 aromatic carbocycles. The van der Waals surface area contributed by atoms with Crippen LogP contribution in [0.2, 0.25) is 0 Å². The Morgan fingerprint density at radius 2 is 1.00 bits per heavy atom. The average molecular weight is 620 g/mol. The quantitative estimate of drug-likeness (QED) is 0.163. The monoisotopic (exact) mass is 619 g/mol. The first-order chi connectivity index (χ1) is 27.3. The maximum Gasteiger partial charge on any atom is 0.218 e. The molecule has 0 radical (unpaired) electrons. The first kappa shape index (κ1) is 19.9. The fourth-order valence-corrected chi connectivity index (χ4v) is 5.09. The van der Waals surface area contributed by atoms with Crippen LogP contribution >= 0.6 is 0 Å². The van der Waals surface area contributed by atoms with E-state index in [1.807, 2.05) is 84.9 Å². The van der Waals surface area contributed by atoms with E-state index in [2.05, 4.69) is 20.3 Å². The number of anilines is 3. The van der Waals surface area contributed by atoms with Gasteiger partial charge >= 0.3 is 0 Å². The lowest BCUT2D eigenvalue weighted by atomic mass is 9.98. The summed E-state index contributed by atoms with van der Waals surface area (Å²) in [6.45, 7) is 0. The number of hydrogen-bond donors (Lipinski definition) is 1. The number of carbonyl (C=O) groups excluding carboxylic acids is 1. The third kappa shape index (κ3) is 6.26. The smallest absolute Gasteiger partial charge is 0.218 e. The Morgan fingerprint density at radius 1 is 0.553 bits per heavy atom. The van der Waals surface area contributed by atoms with Crippen molar-refractivity contribution in [1.29, 1.82) is 0 Å². The highest BCUT2D eigenvalue weighted by atomic mass is 16.1. The van der Waals surface area contributed by atoms with Gasteiger partial charge in [0.1, 0.15) is 0 Å². The summed E-state index contributed by atoms with van der Waals surface area (Å²) in [7, 11) is 1.80. The predicted octanol–water partition coefficient (Wildman–Crippen LogP) is 9.54. The zero-order valence-electron chi connectivity index (χ0n) is 35.0. The fourth-order valence-electron chi connectivity index (χ4n) is 5.09. The van der Waals surface area contributed by atoms with E-state index in [1.54, 1.807) is 24.1 Å². The molecule has 1 N–H and O–H groups in total. The van der Waals surface area contributed by atoms with Crippen molar-refractivity contribution in [1.82, 2.24) is 15.0 Å². The number of para-hydroxylation sites is 1. The Balaban J connectivity index is 1.25. The van der Waals surface area contributed by atoms with Crippen LogP contribution in [0.4, 0.5) is 17.1 Å². The maximum absolute atomic E-state index is 12.1. The third-order valence-corrected chi connectivity index (χ3v) is 7.44. The van der Waals surface area contributed by atoms with E-state index < -0.39 is 60.4 Å². The van der Waals surface area contributed by atoms with Crippen LogP contribution in [0.25, 0.3) is 56.4 Å². The summed E-state index contributed by atoms with van der Waals surface area (Å²) in [5.74, 6) is -0.668. The van der Waals surface area contributed by atoms with Crippen molar-refractivity contribution in [2.24, 2.45) is 0 Å². The summed E-state index contributed by atoms with van der Waals surface area (Å²) < 4.78 is 82.9. The van der Waals surface area contributed by atoms with Crippen molar-refractivity contribution >= 4 is 23.5 Å². The molecular formula is C41H31N5O. The van der Waals surface area contributed by atoms with Gasteiger partial charge in [0.15, 0.2) is 17.5 Å². The zero-order chi connectivity index (χ0) is 40.7. The summed E-state index contributed by atoms with van der Waals surface area (Å²) in [6, 6.07) is 24.2. The van der Waals surface area contributed by atoms with Gasteiger partial charge in [0.25, 0.3) is 0 Å². The number of nitrogens with one attached hydrogen (secondary N) is 1. The molecule has 1 amide bonds. The highest BCUT2D eigenvalue weighted by molar-refractivity contribution is 5.93. The number of aromatic nitrogens is 3. The van der Waals surface area contributed by atoms with Gasteiger partial charge < -0.3 is 5.32 Å². The predicted molar refractivity (Wildman–Crippen MR) is 191 cm³/mol. The van der Waals surface area contributed by atoms with Crippen LogP contribution in [0.3, 0.4) is 0 Å². The van der Waals surface area contributed by atoms with Crippen molar-refractivity contribution in [3.8, 4) is 56.4 Å².